The van der Waals surface area contributed by atoms with Gasteiger partial charge in [-0.15, -0.1) is 11.3 Å². The molecule has 1 aromatic heterocycles. The molecule has 138 valence electrons. The summed E-state index contributed by atoms with van der Waals surface area (Å²) in [5.74, 6) is 1.46. The number of piperazine rings is 1. The molecule has 0 N–H and O–H groups in total. The average Bonchev–Trinajstić information content (AvgIpc) is 3.19. The molecule has 1 fully saturated rings. The van der Waals surface area contributed by atoms with E-state index in [9.17, 15) is 4.79 Å². The third-order valence-corrected chi connectivity index (χ3v) is 5.30. The van der Waals surface area contributed by atoms with Crippen LogP contribution in [0.2, 0.25) is 0 Å². The maximum Gasteiger partial charge on any atom is 0.246 e. The topological polar surface area (TPSA) is 42.0 Å². The van der Waals surface area contributed by atoms with Crippen molar-refractivity contribution in [1.82, 2.24) is 9.80 Å². The Kier molecular flexibility index (Phi) is 6.30. The summed E-state index contributed by atoms with van der Waals surface area (Å²) in [5, 5.41) is 2.10. The first-order valence-electron chi connectivity index (χ1n) is 8.63. The highest BCUT2D eigenvalue weighted by Gasteiger charge is 2.19. The summed E-state index contributed by atoms with van der Waals surface area (Å²) >= 11 is 1.78. The molecule has 26 heavy (non-hydrogen) atoms. The molecule has 2 heterocycles. The summed E-state index contributed by atoms with van der Waals surface area (Å²) in [7, 11) is 3.23. The van der Waals surface area contributed by atoms with E-state index in [4.69, 9.17) is 9.47 Å². The smallest absolute Gasteiger partial charge is 0.246 e. The van der Waals surface area contributed by atoms with E-state index in [-0.39, 0.29) is 5.91 Å². The highest BCUT2D eigenvalue weighted by Crippen LogP contribution is 2.23. The minimum atomic E-state index is 0.0440. The number of hydrogen-bond donors (Lipinski definition) is 0. The zero-order valence-electron chi connectivity index (χ0n) is 15.2. The third-order valence-electron chi connectivity index (χ3n) is 4.44. The minimum Gasteiger partial charge on any atom is -0.497 e. The molecule has 5 nitrogen and oxygen atoms in total. The van der Waals surface area contributed by atoms with Gasteiger partial charge in [-0.1, -0.05) is 6.07 Å². The molecule has 0 atom stereocenters. The molecule has 2 aromatic rings. The monoisotopic (exact) mass is 372 g/mol. The van der Waals surface area contributed by atoms with Gasteiger partial charge in [0.1, 0.15) is 11.5 Å². The molecule has 0 unspecified atom stereocenters. The third kappa shape index (κ3) is 4.86. The Morgan fingerprint density at radius 2 is 1.81 bits per heavy atom. The molecule has 0 spiro atoms. The number of carbonyl (C=O) groups excluding carboxylic acids is 1. The van der Waals surface area contributed by atoms with Crippen LogP contribution in [0.3, 0.4) is 0 Å². The van der Waals surface area contributed by atoms with E-state index >= 15 is 0 Å². The van der Waals surface area contributed by atoms with Crippen molar-refractivity contribution in [2.45, 2.75) is 6.54 Å². The van der Waals surface area contributed by atoms with Gasteiger partial charge in [0.15, 0.2) is 0 Å². The molecule has 0 aliphatic carbocycles. The van der Waals surface area contributed by atoms with Crippen LogP contribution in [0.1, 0.15) is 10.4 Å². The largest absolute Gasteiger partial charge is 0.497 e. The van der Waals surface area contributed by atoms with Gasteiger partial charge in [0.25, 0.3) is 0 Å². The first kappa shape index (κ1) is 18.5. The quantitative estimate of drug-likeness (QED) is 0.731. The molecule has 1 aromatic carbocycles. The van der Waals surface area contributed by atoms with Crippen molar-refractivity contribution < 1.29 is 14.3 Å². The Labute approximate surface area is 158 Å². The SMILES string of the molecule is COc1cc(/C=C/C(=O)N2CCN(Cc3cccs3)CC2)cc(OC)c1. The van der Waals surface area contributed by atoms with E-state index < -0.39 is 0 Å². The van der Waals surface area contributed by atoms with E-state index in [0.29, 0.717) is 11.5 Å². The molecule has 1 aliphatic heterocycles. The van der Waals surface area contributed by atoms with Gasteiger partial charge >= 0.3 is 0 Å². The van der Waals surface area contributed by atoms with E-state index in [2.05, 4.69) is 22.4 Å². The number of hydrogen-bond acceptors (Lipinski definition) is 5. The molecule has 0 saturated carbocycles. The van der Waals surface area contributed by atoms with Crippen molar-refractivity contribution in [2.75, 3.05) is 40.4 Å². The molecule has 1 amide bonds. The molecule has 1 aliphatic rings. The molecule has 0 radical (unpaired) electrons. The van der Waals surface area contributed by atoms with E-state index in [1.807, 2.05) is 29.2 Å². The normalized spacial score (nSPS) is 15.4. The van der Waals surface area contributed by atoms with Gasteiger partial charge in [-0.3, -0.25) is 9.69 Å². The highest BCUT2D eigenvalue weighted by molar-refractivity contribution is 7.09. The second kappa shape index (κ2) is 8.87. The van der Waals surface area contributed by atoms with E-state index in [1.54, 1.807) is 31.6 Å². The van der Waals surface area contributed by atoms with Crippen LogP contribution >= 0.6 is 11.3 Å². The van der Waals surface area contributed by atoms with Crippen LogP contribution in [0.25, 0.3) is 6.08 Å². The van der Waals surface area contributed by atoms with Crippen LogP contribution in [-0.4, -0.2) is 56.1 Å². The number of thiophene rings is 1. The Bertz CT molecular complexity index is 728. The fourth-order valence-electron chi connectivity index (χ4n) is 2.95. The number of methoxy groups -OCH3 is 2. The fourth-order valence-corrected chi connectivity index (χ4v) is 3.69. The van der Waals surface area contributed by atoms with Gasteiger partial charge in [-0.25, -0.2) is 0 Å². The van der Waals surface area contributed by atoms with Crippen LogP contribution < -0.4 is 9.47 Å². The Balaban J connectivity index is 1.54. The number of amides is 1. The number of rotatable bonds is 6. The molecule has 6 heteroatoms. The van der Waals surface area contributed by atoms with Crippen LogP contribution in [0.5, 0.6) is 11.5 Å². The van der Waals surface area contributed by atoms with Gasteiger partial charge in [0.05, 0.1) is 14.2 Å². The Morgan fingerprint density at radius 3 is 2.38 bits per heavy atom. The zero-order valence-corrected chi connectivity index (χ0v) is 16.0. The van der Waals surface area contributed by atoms with Crippen LogP contribution in [-0.2, 0) is 11.3 Å². The predicted octanol–water partition coefficient (Wildman–Crippen LogP) is 3.12. The zero-order chi connectivity index (χ0) is 18.4. The minimum absolute atomic E-state index is 0.0440. The number of benzene rings is 1. The van der Waals surface area contributed by atoms with Crippen LogP contribution in [0.15, 0.2) is 41.8 Å². The second-order valence-electron chi connectivity index (χ2n) is 6.16. The van der Waals surface area contributed by atoms with Crippen molar-refractivity contribution >= 4 is 23.3 Å². The average molecular weight is 372 g/mol. The van der Waals surface area contributed by atoms with Crippen LogP contribution in [0, 0.1) is 0 Å². The van der Waals surface area contributed by atoms with Crippen LogP contribution in [0.4, 0.5) is 0 Å². The van der Waals surface area contributed by atoms with Crippen molar-refractivity contribution in [2.24, 2.45) is 0 Å². The molecule has 0 bridgehead atoms. The van der Waals surface area contributed by atoms with Crippen molar-refractivity contribution in [3.63, 3.8) is 0 Å². The van der Waals surface area contributed by atoms with Gasteiger partial charge in [-0.2, -0.15) is 0 Å². The summed E-state index contributed by atoms with van der Waals surface area (Å²) in [4.78, 5) is 18.1. The lowest BCUT2D eigenvalue weighted by atomic mass is 10.2. The number of nitrogens with zero attached hydrogens (tertiary/aromatic N) is 2. The maximum absolute atomic E-state index is 12.5. The Hall–Kier alpha value is -2.31. The summed E-state index contributed by atoms with van der Waals surface area (Å²) in [6.45, 7) is 4.31. The van der Waals surface area contributed by atoms with Gasteiger partial charge < -0.3 is 14.4 Å². The summed E-state index contributed by atoms with van der Waals surface area (Å²) < 4.78 is 10.5. The molecule has 3 rings (SSSR count). The second-order valence-corrected chi connectivity index (χ2v) is 7.19. The lowest BCUT2D eigenvalue weighted by Crippen LogP contribution is -2.47. The molecular weight excluding hydrogens is 348 g/mol. The summed E-state index contributed by atoms with van der Waals surface area (Å²) in [6.07, 6.45) is 3.44. The highest BCUT2D eigenvalue weighted by atomic mass is 32.1. The van der Waals surface area contributed by atoms with E-state index in [1.165, 1.54) is 4.88 Å². The Morgan fingerprint density at radius 1 is 1.12 bits per heavy atom. The first-order chi connectivity index (χ1) is 12.7. The summed E-state index contributed by atoms with van der Waals surface area (Å²) in [5.41, 5.74) is 0.880. The van der Waals surface area contributed by atoms with Gasteiger partial charge in [0, 0.05) is 49.7 Å². The lowest BCUT2D eigenvalue weighted by Gasteiger charge is -2.34. The predicted molar refractivity (Wildman–Crippen MR) is 105 cm³/mol. The standard InChI is InChI=1S/C20H24N2O3S/c1-24-17-12-16(13-18(14-17)25-2)5-6-20(23)22-9-7-21(8-10-22)15-19-4-3-11-26-19/h3-6,11-14H,7-10,15H2,1-2H3/b6-5+. The first-order valence-corrected chi connectivity index (χ1v) is 9.50. The lowest BCUT2D eigenvalue weighted by molar-refractivity contribution is -0.127. The summed E-state index contributed by atoms with van der Waals surface area (Å²) in [6, 6.07) is 9.81. The fraction of sp³-hybridized carbons (Fsp3) is 0.350. The molecular formula is C20H24N2O3S. The van der Waals surface area contributed by atoms with E-state index in [0.717, 1.165) is 38.3 Å². The van der Waals surface area contributed by atoms with Crippen molar-refractivity contribution in [3.05, 3.63) is 52.2 Å². The number of ether oxygens (including phenoxy) is 2. The van der Waals surface area contributed by atoms with Gasteiger partial charge in [0.2, 0.25) is 5.91 Å². The van der Waals surface area contributed by atoms with Crippen molar-refractivity contribution in [3.8, 4) is 11.5 Å². The maximum atomic E-state index is 12.5. The molecule has 1 saturated heterocycles. The number of carbonyl (C=O) groups is 1. The van der Waals surface area contributed by atoms with Gasteiger partial charge in [-0.05, 0) is 35.2 Å². The van der Waals surface area contributed by atoms with Crippen molar-refractivity contribution in [1.29, 1.82) is 0 Å².